The second-order valence-electron chi connectivity index (χ2n) is 4.58. The van der Waals surface area contributed by atoms with Crippen LogP contribution in [0.4, 0.5) is 11.5 Å². The van der Waals surface area contributed by atoms with Gasteiger partial charge in [-0.15, -0.1) is 11.3 Å². The number of thiophene rings is 1. The molecule has 1 aromatic carbocycles. The monoisotopic (exact) mass is 283 g/mol. The maximum absolute atomic E-state index is 12.2. The molecule has 0 saturated carbocycles. The zero-order valence-electron chi connectivity index (χ0n) is 10.9. The average Bonchev–Trinajstić information content (AvgIpc) is 2.84. The number of carbonyl (C=O) groups excluding carboxylic acids is 1. The number of benzene rings is 1. The molecule has 3 rings (SSSR count). The van der Waals surface area contributed by atoms with E-state index in [1.54, 1.807) is 12.3 Å². The van der Waals surface area contributed by atoms with Crippen molar-refractivity contribution in [3.63, 3.8) is 0 Å². The standard InChI is InChI=1S/C15H13N3OS/c1-9-2-5-14(17-8-9)18-15(19)13-7-10-6-11(16)3-4-12(10)20-13/h2-8H,16H2,1H3,(H,17,18,19). The average molecular weight is 283 g/mol. The first-order chi connectivity index (χ1) is 9.61. The van der Waals surface area contributed by atoms with Crippen LogP contribution < -0.4 is 11.1 Å². The van der Waals surface area contributed by atoms with E-state index in [9.17, 15) is 4.79 Å². The van der Waals surface area contributed by atoms with Crippen LogP contribution >= 0.6 is 11.3 Å². The topological polar surface area (TPSA) is 68.0 Å². The molecule has 1 amide bonds. The van der Waals surface area contributed by atoms with E-state index in [0.717, 1.165) is 15.6 Å². The molecular weight excluding hydrogens is 270 g/mol. The molecule has 0 saturated heterocycles. The smallest absolute Gasteiger partial charge is 0.266 e. The van der Waals surface area contributed by atoms with Gasteiger partial charge in [-0.1, -0.05) is 6.07 Å². The minimum absolute atomic E-state index is 0.152. The summed E-state index contributed by atoms with van der Waals surface area (Å²) in [5, 5.41) is 3.77. The predicted molar refractivity (Wildman–Crippen MR) is 83.2 cm³/mol. The molecule has 0 radical (unpaired) electrons. The van der Waals surface area contributed by atoms with Gasteiger partial charge in [0.1, 0.15) is 5.82 Å². The largest absolute Gasteiger partial charge is 0.399 e. The maximum atomic E-state index is 12.2. The minimum atomic E-state index is -0.152. The fraction of sp³-hybridized carbons (Fsp3) is 0.0667. The highest BCUT2D eigenvalue weighted by Gasteiger charge is 2.11. The summed E-state index contributed by atoms with van der Waals surface area (Å²) >= 11 is 1.44. The molecule has 2 aromatic heterocycles. The third-order valence-electron chi connectivity index (χ3n) is 2.92. The number of nitrogens with zero attached hydrogens (tertiary/aromatic N) is 1. The summed E-state index contributed by atoms with van der Waals surface area (Å²) in [6.07, 6.45) is 1.72. The number of pyridine rings is 1. The Balaban J connectivity index is 1.86. The number of amides is 1. The summed E-state index contributed by atoms with van der Waals surface area (Å²) < 4.78 is 1.04. The van der Waals surface area contributed by atoms with Gasteiger partial charge in [0.05, 0.1) is 4.88 Å². The van der Waals surface area contributed by atoms with Gasteiger partial charge >= 0.3 is 0 Å². The first-order valence-electron chi connectivity index (χ1n) is 6.15. The van der Waals surface area contributed by atoms with Crippen molar-refractivity contribution >= 4 is 38.8 Å². The Hall–Kier alpha value is -2.40. The molecule has 0 atom stereocenters. The lowest BCUT2D eigenvalue weighted by Crippen LogP contribution is -2.11. The fourth-order valence-electron chi connectivity index (χ4n) is 1.89. The van der Waals surface area contributed by atoms with E-state index in [2.05, 4.69) is 10.3 Å². The van der Waals surface area contributed by atoms with Crippen molar-refractivity contribution in [1.29, 1.82) is 0 Å². The van der Waals surface area contributed by atoms with Gasteiger partial charge in [0.25, 0.3) is 5.91 Å². The molecule has 20 heavy (non-hydrogen) atoms. The maximum Gasteiger partial charge on any atom is 0.266 e. The Morgan fingerprint density at radius 1 is 1.25 bits per heavy atom. The first kappa shape index (κ1) is 12.6. The number of hydrogen-bond acceptors (Lipinski definition) is 4. The van der Waals surface area contributed by atoms with Crippen LogP contribution in [0.2, 0.25) is 0 Å². The van der Waals surface area contributed by atoms with Crippen LogP contribution in [-0.4, -0.2) is 10.9 Å². The van der Waals surface area contributed by atoms with Gasteiger partial charge in [-0.3, -0.25) is 4.79 Å². The highest BCUT2D eigenvalue weighted by Crippen LogP contribution is 2.27. The molecule has 0 spiro atoms. The first-order valence-corrected chi connectivity index (χ1v) is 6.96. The summed E-state index contributed by atoms with van der Waals surface area (Å²) in [5.41, 5.74) is 7.49. The van der Waals surface area contributed by atoms with Gasteiger partial charge in [0.2, 0.25) is 0 Å². The molecule has 3 aromatic rings. The lowest BCUT2D eigenvalue weighted by molar-refractivity contribution is 0.103. The Bertz CT molecular complexity index is 777. The van der Waals surface area contributed by atoms with Gasteiger partial charge in [-0.25, -0.2) is 4.98 Å². The molecule has 0 aliphatic carbocycles. The van der Waals surface area contributed by atoms with Gasteiger partial charge in [0.15, 0.2) is 0 Å². The van der Waals surface area contributed by atoms with Crippen molar-refractivity contribution in [3.8, 4) is 0 Å². The lowest BCUT2D eigenvalue weighted by atomic mass is 10.2. The normalized spacial score (nSPS) is 10.7. The molecule has 2 heterocycles. The fourth-order valence-corrected chi connectivity index (χ4v) is 2.83. The number of carbonyl (C=O) groups is 1. The number of fused-ring (bicyclic) bond motifs is 1. The Morgan fingerprint density at radius 2 is 2.10 bits per heavy atom. The molecule has 3 N–H and O–H groups in total. The number of aromatic nitrogens is 1. The van der Waals surface area contributed by atoms with E-state index < -0.39 is 0 Å². The third-order valence-corrected chi connectivity index (χ3v) is 4.03. The quantitative estimate of drug-likeness (QED) is 0.708. The molecule has 5 heteroatoms. The summed E-state index contributed by atoms with van der Waals surface area (Å²) in [4.78, 5) is 17.0. The second kappa shape index (κ2) is 4.94. The number of hydrogen-bond donors (Lipinski definition) is 2. The summed E-state index contributed by atoms with van der Waals surface area (Å²) in [6, 6.07) is 11.2. The van der Waals surface area contributed by atoms with Crippen molar-refractivity contribution in [2.45, 2.75) is 6.92 Å². The molecule has 100 valence electrons. The van der Waals surface area contributed by atoms with Crippen LogP contribution in [0.3, 0.4) is 0 Å². The van der Waals surface area contributed by atoms with Crippen molar-refractivity contribution in [3.05, 3.63) is 53.0 Å². The van der Waals surface area contributed by atoms with E-state index in [1.165, 1.54) is 11.3 Å². The van der Waals surface area contributed by atoms with E-state index in [0.29, 0.717) is 16.4 Å². The van der Waals surface area contributed by atoms with Crippen LogP contribution in [0.15, 0.2) is 42.6 Å². The number of rotatable bonds is 2. The van der Waals surface area contributed by atoms with Crippen molar-refractivity contribution in [1.82, 2.24) is 4.98 Å². The van der Waals surface area contributed by atoms with E-state index >= 15 is 0 Å². The van der Waals surface area contributed by atoms with Gasteiger partial charge in [-0.05, 0) is 48.2 Å². The van der Waals surface area contributed by atoms with Gasteiger partial charge in [0, 0.05) is 16.6 Å². The number of aryl methyl sites for hydroxylation is 1. The highest BCUT2D eigenvalue weighted by molar-refractivity contribution is 7.20. The zero-order chi connectivity index (χ0) is 14.1. The van der Waals surface area contributed by atoms with Crippen LogP contribution in [-0.2, 0) is 0 Å². The van der Waals surface area contributed by atoms with Crippen LogP contribution in [0, 0.1) is 6.92 Å². The second-order valence-corrected chi connectivity index (χ2v) is 5.67. The number of nitrogens with two attached hydrogens (primary N) is 1. The number of nitrogen functional groups attached to an aromatic ring is 1. The minimum Gasteiger partial charge on any atom is -0.399 e. The predicted octanol–water partition coefficient (Wildman–Crippen LogP) is 3.44. The summed E-state index contributed by atoms with van der Waals surface area (Å²) in [6.45, 7) is 1.95. The molecule has 0 unspecified atom stereocenters. The molecule has 0 aliphatic rings. The van der Waals surface area contributed by atoms with E-state index in [1.807, 2.05) is 37.3 Å². The number of anilines is 2. The zero-order valence-corrected chi connectivity index (χ0v) is 11.7. The van der Waals surface area contributed by atoms with Crippen molar-refractivity contribution in [2.75, 3.05) is 11.1 Å². The summed E-state index contributed by atoms with van der Waals surface area (Å²) in [5.74, 6) is 0.402. The molecule has 0 bridgehead atoms. The van der Waals surface area contributed by atoms with E-state index in [-0.39, 0.29) is 5.91 Å². The van der Waals surface area contributed by atoms with Crippen LogP contribution in [0.1, 0.15) is 15.2 Å². The highest BCUT2D eigenvalue weighted by atomic mass is 32.1. The van der Waals surface area contributed by atoms with Gasteiger partial charge in [-0.2, -0.15) is 0 Å². The van der Waals surface area contributed by atoms with Crippen LogP contribution in [0.5, 0.6) is 0 Å². The Kier molecular flexibility index (Phi) is 3.12. The molecule has 0 aliphatic heterocycles. The molecule has 0 fully saturated rings. The van der Waals surface area contributed by atoms with E-state index in [4.69, 9.17) is 5.73 Å². The lowest BCUT2D eigenvalue weighted by Gasteiger charge is -2.02. The molecule has 4 nitrogen and oxygen atoms in total. The SMILES string of the molecule is Cc1ccc(NC(=O)c2cc3cc(N)ccc3s2)nc1. The molecular formula is C15H13N3OS. The third kappa shape index (κ3) is 2.48. The summed E-state index contributed by atoms with van der Waals surface area (Å²) in [7, 11) is 0. The van der Waals surface area contributed by atoms with Crippen molar-refractivity contribution in [2.24, 2.45) is 0 Å². The number of nitrogens with one attached hydrogen (secondary N) is 1. The van der Waals surface area contributed by atoms with Gasteiger partial charge < -0.3 is 11.1 Å². The van der Waals surface area contributed by atoms with Crippen LogP contribution in [0.25, 0.3) is 10.1 Å². The Labute approximate surface area is 120 Å². The van der Waals surface area contributed by atoms with Crippen molar-refractivity contribution < 1.29 is 4.79 Å². The Morgan fingerprint density at radius 3 is 2.85 bits per heavy atom.